The molecule has 0 unspecified atom stereocenters. The van der Waals surface area contributed by atoms with Gasteiger partial charge in [-0.25, -0.2) is 0 Å². The van der Waals surface area contributed by atoms with Gasteiger partial charge in [-0.15, -0.1) is 0 Å². The maximum atomic E-state index is 2.53. The Bertz CT molecular complexity index is 891. The molecule has 3 aromatic carbocycles. The van der Waals surface area contributed by atoms with Crippen molar-refractivity contribution in [3.8, 4) is 0 Å². The molecular weight excluding hydrogens is 328 g/mol. The zero-order valence-electron chi connectivity index (χ0n) is 15.9. The average Bonchev–Trinajstić information content (AvgIpc) is 2.75. The Kier molecular flexibility index (Phi) is 4.12. The van der Waals surface area contributed by atoms with Gasteiger partial charge in [0, 0.05) is 43.1 Å². The number of nitrogens with zero attached hydrogens (tertiary/aromatic N) is 2. The van der Waals surface area contributed by atoms with E-state index in [1.165, 1.54) is 66.1 Å². The minimum atomic E-state index is 0.295. The number of hydrogen-bond acceptors (Lipinski definition) is 2. The first-order valence-electron chi connectivity index (χ1n) is 10.1. The van der Waals surface area contributed by atoms with E-state index in [0.717, 1.165) is 0 Å². The SMILES string of the molecule is CN1c2ccccc2C(c2ccc(N3CCCCC3)cc2)c2ccccc21. The fourth-order valence-corrected chi connectivity index (χ4v) is 4.76. The van der Waals surface area contributed by atoms with E-state index in [2.05, 4.69) is 89.6 Å². The second kappa shape index (κ2) is 6.77. The Balaban J connectivity index is 1.57. The molecule has 136 valence electrons. The summed E-state index contributed by atoms with van der Waals surface area (Å²) in [6, 6.07) is 27.0. The Hall–Kier alpha value is -2.74. The van der Waals surface area contributed by atoms with Gasteiger partial charge in [0.15, 0.2) is 0 Å². The molecule has 2 nitrogen and oxygen atoms in total. The standard InChI is InChI=1S/C25H26N2/c1-26-23-11-5-3-9-21(23)25(22-10-4-6-12-24(22)26)19-13-15-20(16-14-19)27-17-7-2-8-18-27/h3-6,9-16,25H,2,7-8,17-18H2,1H3. The minimum Gasteiger partial charge on any atom is -0.372 e. The molecule has 0 bridgehead atoms. The van der Waals surface area contributed by atoms with Crippen molar-refractivity contribution in [3.63, 3.8) is 0 Å². The fraction of sp³-hybridized carbons (Fsp3) is 0.280. The van der Waals surface area contributed by atoms with Gasteiger partial charge in [0.25, 0.3) is 0 Å². The van der Waals surface area contributed by atoms with E-state index in [4.69, 9.17) is 0 Å². The third-order valence-electron chi connectivity index (χ3n) is 6.17. The third kappa shape index (κ3) is 2.80. The molecule has 0 amide bonds. The van der Waals surface area contributed by atoms with E-state index in [9.17, 15) is 0 Å². The maximum Gasteiger partial charge on any atom is 0.0450 e. The average molecular weight is 354 g/mol. The molecule has 2 heteroatoms. The van der Waals surface area contributed by atoms with E-state index in [0.29, 0.717) is 5.92 Å². The first kappa shape index (κ1) is 16.4. The molecule has 0 radical (unpaired) electrons. The number of anilines is 3. The van der Waals surface area contributed by atoms with Crippen molar-refractivity contribution in [3.05, 3.63) is 89.5 Å². The number of benzene rings is 3. The van der Waals surface area contributed by atoms with Crippen LogP contribution in [0, 0.1) is 0 Å². The molecule has 0 N–H and O–H groups in total. The summed E-state index contributed by atoms with van der Waals surface area (Å²) >= 11 is 0. The first-order valence-corrected chi connectivity index (χ1v) is 10.1. The van der Waals surface area contributed by atoms with Crippen molar-refractivity contribution in [2.24, 2.45) is 0 Å². The van der Waals surface area contributed by atoms with Gasteiger partial charge in [0.2, 0.25) is 0 Å². The normalized spacial score (nSPS) is 16.8. The summed E-state index contributed by atoms with van der Waals surface area (Å²) in [6.45, 7) is 2.39. The van der Waals surface area contributed by atoms with E-state index >= 15 is 0 Å². The molecule has 3 aromatic rings. The molecule has 0 atom stereocenters. The van der Waals surface area contributed by atoms with E-state index in [-0.39, 0.29) is 0 Å². The quantitative estimate of drug-likeness (QED) is 0.562. The van der Waals surface area contributed by atoms with E-state index in [1.54, 1.807) is 0 Å². The molecule has 1 fully saturated rings. The Morgan fingerprint density at radius 2 is 1.22 bits per heavy atom. The van der Waals surface area contributed by atoms with Gasteiger partial charge in [-0.2, -0.15) is 0 Å². The van der Waals surface area contributed by atoms with Crippen LogP contribution in [0.25, 0.3) is 0 Å². The molecule has 2 aliphatic heterocycles. The van der Waals surface area contributed by atoms with Crippen LogP contribution in [0.3, 0.4) is 0 Å². The lowest BCUT2D eigenvalue weighted by molar-refractivity contribution is 0.578. The zero-order valence-corrected chi connectivity index (χ0v) is 15.9. The predicted molar refractivity (Wildman–Crippen MR) is 114 cm³/mol. The molecule has 0 spiro atoms. The zero-order chi connectivity index (χ0) is 18.2. The Morgan fingerprint density at radius 3 is 1.81 bits per heavy atom. The van der Waals surface area contributed by atoms with Crippen molar-refractivity contribution in [2.45, 2.75) is 25.2 Å². The van der Waals surface area contributed by atoms with Gasteiger partial charge < -0.3 is 9.80 Å². The van der Waals surface area contributed by atoms with Crippen LogP contribution in [0.2, 0.25) is 0 Å². The number of hydrogen-bond donors (Lipinski definition) is 0. The molecule has 0 saturated carbocycles. The van der Waals surface area contributed by atoms with Crippen molar-refractivity contribution < 1.29 is 0 Å². The molecular formula is C25H26N2. The summed E-state index contributed by atoms with van der Waals surface area (Å²) in [5.41, 5.74) is 8.15. The first-order chi connectivity index (χ1) is 13.3. The highest BCUT2D eigenvalue weighted by Crippen LogP contribution is 2.47. The van der Waals surface area contributed by atoms with Gasteiger partial charge in [0.1, 0.15) is 0 Å². The molecule has 5 rings (SSSR count). The molecule has 0 aromatic heterocycles. The summed E-state index contributed by atoms with van der Waals surface area (Å²) in [6.07, 6.45) is 4.01. The van der Waals surface area contributed by atoms with E-state index < -0.39 is 0 Å². The number of fused-ring (bicyclic) bond motifs is 2. The largest absolute Gasteiger partial charge is 0.372 e. The fourth-order valence-electron chi connectivity index (χ4n) is 4.76. The van der Waals surface area contributed by atoms with E-state index in [1.807, 2.05) is 0 Å². The molecule has 2 heterocycles. The van der Waals surface area contributed by atoms with Crippen LogP contribution in [-0.4, -0.2) is 20.1 Å². The minimum absolute atomic E-state index is 0.295. The number of piperidine rings is 1. The predicted octanol–water partition coefficient (Wildman–Crippen LogP) is 5.94. The van der Waals surface area contributed by atoms with Gasteiger partial charge in [0.05, 0.1) is 0 Å². The monoisotopic (exact) mass is 354 g/mol. The van der Waals surface area contributed by atoms with Crippen LogP contribution in [-0.2, 0) is 0 Å². The molecule has 0 aliphatic carbocycles. The summed E-state index contributed by atoms with van der Waals surface area (Å²) in [5.74, 6) is 0.295. The van der Waals surface area contributed by atoms with Gasteiger partial charge in [-0.1, -0.05) is 48.5 Å². The summed E-state index contributed by atoms with van der Waals surface area (Å²) in [7, 11) is 2.17. The van der Waals surface area contributed by atoms with Crippen molar-refractivity contribution in [1.82, 2.24) is 0 Å². The van der Waals surface area contributed by atoms with Crippen molar-refractivity contribution >= 4 is 17.1 Å². The lowest BCUT2D eigenvalue weighted by Gasteiger charge is -2.36. The van der Waals surface area contributed by atoms with Crippen LogP contribution in [0.5, 0.6) is 0 Å². The number of rotatable bonds is 2. The summed E-state index contributed by atoms with van der Waals surface area (Å²) in [4.78, 5) is 4.85. The highest BCUT2D eigenvalue weighted by atomic mass is 15.1. The van der Waals surface area contributed by atoms with Crippen molar-refractivity contribution in [2.75, 3.05) is 29.9 Å². The second-order valence-electron chi connectivity index (χ2n) is 7.75. The Morgan fingerprint density at radius 1 is 0.667 bits per heavy atom. The third-order valence-corrected chi connectivity index (χ3v) is 6.17. The van der Waals surface area contributed by atoms with Crippen LogP contribution in [0.1, 0.15) is 41.9 Å². The van der Waals surface area contributed by atoms with Crippen LogP contribution in [0.4, 0.5) is 17.1 Å². The molecule has 2 aliphatic rings. The maximum absolute atomic E-state index is 2.53. The van der Waals surface area contributed by atoms with Crippen LogP contribution < -0.4 is 9.80 Å². The Labute approximate surface area is 162 Å². The smallest absolute Gasteiger partial charge is 0.0450 e. The lowest BCUT2D eigenvalue weighted by atomic mass is 9.80. The van der Waals surface area contributed by atoms with Crippen LogP contribution in [0.15, 0.2) is 72.8 Å². The van der Waals surface area contributed by atoms with Crippen molar-refractivity contribution in [1.29, 1.82) is 0 Å². The van der Waals surface area contributed by atoms with Gasteiger partial charge in [-0.05, 0) is 60.2 Å². The highest BCUT2D eigenvalue weighted by molar-refractivity contribution is 5.77. The lowest BCUT2D eigenvalue weighted by Crippen LogP contribution is -2.29. The molecule has 27 heavy (non-hydrogen) atoms. The van der Waals surface area contributed by atoms with Gasteiger partial charge >= 0.3 is 0 Å². The van der Waals surface area contributed by atoms with Crippen LogP contribution >= 0.6 is 0 Å². The second-order valence-corrected chi connectivity index (χ2v) is 7.75. The highest BCUT2D eigenvalue weighted by Gasteiger charge is 2.29. The van der Waals surface area contributed by atoms with Gasteiger partial charge in [-0.3, -0.25) is 0 Å². The molecule has 1 saturated heterocycles. The summed E-state index contributed by atoms with van der Waals surface area (Å²) in [5, 5.41) is 0. The summed E-state index contributed by atoms with van der Waals surface area (Å²) < 4.78 is 0. The topological polar surface area (TPSA) is 6.48 Å². The number of para-hydroxylation sites is 2.